The van der Waals surface area contributed by atoms with Crippen molar-refractivity contribution in [2.75, 3.05) is 6.54 Å². The Labute approximate surface area is 140 Å². The lowest BCUT2D eigenvalue weighted by Crippen LogP contribution is -2.37. The Hall–Kier alpha value is -2.07. The zero-order valence-corrected chi connectivity index (χ0v) is 13.9. The monoisotopic (exact) mass is 335 g/mol. The largest absolute Gasteiger partial charge is 0.481 e. The van der Waals surface area contributed by atoms with Crippen molar-refractivity contribution >= 4 is 17.5 Å². The minimum absolute atomic E-state index is 0.195. The van der Waals surface area contributed by atoms with Crippen LogP contribution in [0.15, 0.2) is 42.5 Å². The first-order valence-electron chi connectivity index (χ1n) is 7.40. The molecule has 122 valence electrons. The molecule has 1 atom stereocenters. The Morgan fingerprint density at radius 1 is 1.26 bits per heavy atom. The Bertz CT molecular complexity index is 673. The molecular weight excluding hydrogens is 317 g/mol. The molecule has 0 fully saturated rings. The number of nitrogens with one attached hydrogen (secondary N) is 1. The van der Waals surface area contributed by atoms with E-state index < -0.39 is 6.10 Å². The van der Waals surface area contributed by atoms with Gasteiger partial charge in [-0.25, -0.2) is 4.39 Å². The second kappa shape index (κ2) is 7.97. The molecule has 0 aliphatic heterocycles. The molecule has 2 aromatic rings. The Morgan fingerprint density at radius 2 is 1.96 bits per heavy atom. The van der Waals surface area contributed by atoms with Crippen LogP contribution in [-0.4, -0.2) is 18.6 Å². The van der Waals surface area contributed by atoms with Gasteiger partial charge >= 0.3 is 0 Å². The fourth-order valence-corrected chi connectivity index (χ4v) is 2.19. The molecular formula is C18H19ClFNO2. The number of carbonyl (C=O) groups is 1. The van der Waals surface area contributed by atoms with Gasteiger partial charge in [-0.3, -0.25) is 4.79 Å². The summed E-state index contributed by atoms with van der Waals surface area (Å²) in [5.41, 5.74) is 1.86. The van der Waals surface area contributed by atoms with Gasteiger partial charge in [-0.15, -0.1) is 0 Å². The van der Waals surface area contributed by atoms with E-state index in [0.717, 1.165) is 11.1 Å². The maximum absolute atomic E-state index is 12.8. The number of aryl methyl sites for hydroxylation is 1. The average molecular weight is 336 g/mol. The van der Waals surface area contributed by atoms with E-state index in [2.05, 4.69) is 5.32 Å². The number of halogens is 2. The highest BCUT2D eigenvalue weighted by molar-refractivity contribution is 6.31. The van der Waals surface area contributed by atoms with Crippen molar-refractivity contribution in [1.82, 2.24) is 5.32 Å². The van der Waals surface area contributed by atoms with Crippen molar-refractivity contribution in [2.45, 2.75) is 26.4 Å². The molecule has 2 rings (SSSR count). The predicted molar refractivity (Wildman–Crippen MR) is 89.4 cm³/mol. The lowest BCUT2D eigenvalue weighted by Gasteiger charge is -2.15. The molecule has 0 saturated carbocycles. The first-order valence-corrected chi connectivity index (χ1v) is 7.78. The zero-order valence-electron chi connectivity index (χ0n) is 13.1. The van der Waals surface area contributed by atoms with Crippen molar-refractivity contribution in [3.05, 3.63) is 64.4 Å². The summed E-state index contributed by atoms with van der Waals surface area (Å²) >= 11 is 5.96. The Kier molecular flexibility index (Phi) is 5.99. The van der Waals surface area contributed by atoms with Crippen molar-refractivity contribution in [3.63, 3.8) is 0 Å². The van der Waals surface area contributed by atoms with Crippen LogP contribution in [0.5, 0.6) is 5.75 Å². The van der Waals surface area contributed by atoms with Crippen molar-refractivity contribution in [1.29, 1.82) is 0 Å². The third-order valence-corrected chi connectivity index (χ3v) is 3.86. The van der Waals surface area contributed by atoms with Gasteiger partial charge in [0.25, 0.3) is 5.91 Å². The standard InChI is InChI=1S/C18H19ClFNO2/c1-12-11-16(7-8-17(12)19)23-13(2)18(22)21-10-9-14-3-5-15(20)6-4-14/h3-8,11,13H,9-10H2,1-2H3,(H,21,22)/t13-/m0/s1. The van der Waals surface area contributed by atoms with Gasteiger partial charge in [0, 0.05) is 11.6 Å². The second-order valence-corrected chi connectivity index (χ2v) is 5.75. The van der Waals surface area contributed by atoms with Gasteiger partial charge in [0.15, 0.2) is 6.10 Å². The summed E-state index contributed by atoms with van der Waals surface area (Å²) in [6.45, 7) is 4.04. The Morgan fingerprint density at radius 3 is 2.61 bits per heavy atom. The summed E-state index contributed by atoms with van der Waals surface area (Å²) in [5, 5.41) is 3.47. The number of hydrogen-bond acceptors (Lipinski definition) is 2. The third kappa shape index (κ3) is 5.25. The zero-order chi connectivity index (χ0) is 16.8. The molecule has 0 unspecified atom stereocenters. The van der Waals surface area contributed by atoms with Gasteiger partial charge in [-0.1, -0.05) is 23.7 Å². The summed E-state index contributed by atoms with van der Waals surface area (Å²) in [4.78, 5) is 12.0. The molecule has 0 saturated heterocycles. The summed E-state index contributed by atoms with van der Waals surface area (Å²) < 4.78 is 18.4. The minimum atomic E-state index is -0.608. The number of hydrogen-bond donors (Lipinski definition) is 1. The van der Waals surface area contributed by atoms with Gasteiger partial charge in [-0.05, 0) is 61.7 Å². The first-order chi connectivity index (χ1) is 11.0. The second-order valence-electron chi connectivity index (χ2n) is 5.34. The molecule has 0 aromatic heterocycles. The van der Waals surface area contributed by atoms with Gasteiger partial charge in [0.1, 0.15) is 11.6 Å². The van der Waals surface area contributed by atoms with Crippen LogP contribution in [0.3, 0.4) is 0 Å². The number of rotatable bonds is 6. The number of benzene rings is 2. The SMILES string of the molecule is Cc1cc(O[C@@H](C)C(=O)NCCc2ccc(F)cc2)ccc1Cl. The van der Waals surface area contributed by atoms with Gasteiger partial charge in [0.2, 0.25) is 0 Å². The van der Waals surface area contributed by atoms with E-state index in [9.17, 15) is 9.18 Å². The maximum atomic E-state index is 12.8. The molecule has 0 heterocycles. The molecule has 0 spiro atoms. The van der Waals surface area contributed by atoms with E-state index in [1.54, 1.807) is 37.3 Å². The van der Waals surface area contributed by atoms with Crippen molar-refractivity contribution in [2.24, 2.45) is 0 Å². The highest BCUT2D eigenvalue weighted by Gasteiger charge is 2.14. The summed E-state index contributed by atoms with van der Waals surface area (Å²) in [7, 11) is 0. The van der Waals surface area contributed by atoms with Crippen LogP contribution >= 0.6 is 11.6 Å². The highest BCUT2D eigenvalue weighted by Crippen LogP contribution is 2.21. The molecule has 2 aromatic carbocycles. The quantitative estimate of drug-likeness (QED) is 0.869. The summed E-state index contributed by atoms with van der Waals surface area (Å²) in [5.74, 6) is 0.144. The van der Waals surface area contributed by atoms with E-state index in [0.29, 0.717) is 23.7 Å². The topological polar surface area (TPSA) is 38.3 Å². The van der Waals surface area contributed by atoms with Crippen LogP contribution in [0, 0.1) is 12.7 Å². The van der Waals surface area contributed by atoms with Crippen LogP contribution in [0.1, 0.15) is 18.1 Å². The maximum Gasteiger partial charge on any atom is 0.260 e. The van der Waals surface area contributed by atoms with Crippen LogP contribution in [0.2, 0.25) is 5.02 Å². The molecule has 23 heavy (non-hydrogen) atoms. The molecule has 0 radical (unpaired) electrons. The summed E-state index contributed by atoms with van der Waals surface area (Å²) in [6, 6.07) is 11.5. The highest BCUT2D eigenvalue weighted by atomic mass is 35.5. The molecule has 0 aliphatic rings. The summed E-state index contributed by atoms with van der Waals surface area (Å²) in [6.07, 6.45) is 0.0301. The van der Waals surface area contributed by atoms with E-state index >= 15 is 0 Å². The van der Waals surface area contributed by atoms with E-state index in [1.807, 2.05) is 6.92 Å². The van der Waals surface area contributed by atoms with Crippen LogP contribution in [0.4, 0.5) is 4.39 Å². The molecule has 3 nitrogen and oxygen atoms in total. The van der Waals surface area contributed by atoms with Crippen LogP contribution in [0.25, 0.3) is 0 Å². The van der Waals surface area contributed by atoms with Gasteiger partial charge in [0.05, 0.1) is 0 Å². The normalized spacial score (nSPS) is 11.8. The molecule has 1 amide bonds. The third-order valence-electron chi connectivity index (χ3n) is 3.44. The molecule has 1 N–H and O–H groups in total. The van der Waals surface area contributed by atoms with Gasteiger partial charge < -0.3 is 10.1 Å². The van der Waals surface area contributed by atoms with Crippen molar-refractivity contribution < 1.29 is 13.9 Å². The smallest absolute Gasteiger partial charge is 0.260 e. The number of ether oxygens (including phenoxy) is 1. The lowest BCUT2D eigenvalue weighted by molar-refractivity contribution is -0.127. The van der Waals surface area contributed by atoms with Crippen LogP contribution in [-0.2, 0) is 11.2 Å². The van der Waals surface area contributed by atoms with E-state index in [1.165, 1.54) is 12.1 Å². The number of amides is 1. The first kappa shape index (κ1) is 17.3. The average Bonchev–Trinajstić information content (AvgIpc) is 2.52. The fourth-order valence-electron chi connectivity index (χ4n) is 2.07. The molecule has 0 bridgehead atoms. The van der Waals surface area contributed by atoms with Crippen molar-refractivity contribution in [3.8, 4) is 5.75 Å². The molecule has 5 heteroatoms. The van der Waals surface area contributed by atoms with Gasteiger partial charge in [-0.2, -0.15) is 0 Å². The molecule has 0 aliphatic carbocycles. The fraction of sp³-hybridized carbons (Fsp3) is 0.278. The Balaban J connectivity index is 1.80. The van der Waals surface area contributed by atoms with Crippen LogP contribution < -0.4 is 10.1 Å². The van der Waals surface area contributed by atoms with E-state index in [-0.39, 0.29) is 11.7 Å². The minimum Gasteiger partial charge on any atom is -0.481 e. The van der Waals surface area contributed by atoms with E-state index in [4.69, 9.17) is 16.3 Å². The lowest BCUT2D eigenvalue weighted by atomic mass is 10.1. The predicted octanol–water partition coefficient (Wildman–Crippen LogP) is 3.91. The number of carbonyl (C=O) groups excluding carboxylic acids is 1.